The minimum atomic E-state index is -3.74. The first-order valence-electron chi connectivity index (χ1n) is 12.0. The van der Waals surface area contributed by atoms with Gasteiger partial charge in [-0.2, -0.15) is 4.31 Å². The van der Waals surface area contributed by atoms with Gasteiger partial charge in [-0.3, -0.25) is 14.5 Å². The fourth-order valence-electron chi connectivity index (χ4n) is 4.67. The van der Waals surface area contributed by atoms with Crippen LogP contribution in [-0.2, 0) is 24.3 Å². The predicted molar refractivity (Wildman–Crippen MR) is 126 cm³/mol. The van der Waals surface area contributed by atoms with Crippen molar-refractivity contribution in [3.05, 3.63) is 18.2 Å². The van der Waals surface area contributed by atoms with Crippen molar-refractivity contribution in [2.24, 2.45) is 5.92 Å². The third-order valence-corrected chi connectivity index (χ3v) is 8.39. The Morgan fingerprint density at radius 1 is 1.21 bits per heavy atom. The fraction of sp³-hybridized carbons (Fsp3) is 0.652. The highest BCUT2D eigenvalue weighted by Crippen LogP contribution is 2.35. The molecule has 1 atom stereocenters. The summed E-state index contributed by atoms with van der Waals surface area (Å²) in [5.74, 6) is 0.431. The van der Waals surface area contributed by atoms with Crippen LogP contribution in [0.15, 0.2) is 23.1 Å². The van der Waals surface area contributed by atoms with Crippen molar-refractivity contribution >= 4 is 27.5 Å². The Kier molecular flexibility index (Phi) is 8.07. The number of hydrogen-bond acceptors (Lipinski definition) is 7. The Morgan fingerprint density at radius 3 is 2.76 bits per heavy atom. The number of morpholine rings is 1. The zero-order valence-electron chi connectivity index (χ0n) is 19.7. The SMILES string of the molecule is C[C@@H]1CCCN(CCCNC(=O)CN2C(=O)COc3ccc(S(=O)(=O)N4CCOCC4)cc32)C1. The number of hydrogen-bond donors (Lipinski definition) is 1. The van der Waals surface area contributed by atoms with Crippen molar-refractivity contribution in [1.82, 2.24) is 14.5 Å². The van der Waals surface area contributed by atoms with E-state index in [1.807, 2.05) is 0 Å². The second kappa shape index (κ2) is 11.0. The summed E-state index contributed by atoms with van der Waals surface area (Å²) in [7, 11) is -3.74. The molecule has 10 nitrogen and oxygen atoms in total. The van der Waals surface area contributed by atoms with Gasteiger partial charge in [0, 0.05) is 26.2 Å². The van der Waals surface area contributed by atoms with Crippen molar-refractivity contribution in [2.45, 2.75) is 31.1 Å². The monoisotopic (exact) mass is 494 g/mol. The molecule has 2 fully saturated rings. The molecule has 2 amide bonds. The number of piperidine rings is 1. The molecule has 0 saturated carbocycles. The zero-order valence-corrected chi connectivity index (χ0v) is 20.5. The van der Waals surface area contributed by atoms with E-state index in [4.69, 9.17) is 9.47 Å². The molecule has 1 N–H and O–H groups in total. The van der Waals surface area contributed by atoms with Gasteiger partial charge in [0.2, 0.25) is 15.9 Å². The van der Waals surface area contributed by atoms with Gasteiger partial charge in [-0.25, -0.2) is 8.42 Å². The number of amides is 2. The lowest BCUT2D eigenvalue weighted by Crippen LogP contribution is -2.46. The summed E-state index contributed by atoms with van der Waals surface area (Å²) in [6.45, 7) is 6.80. The summed E-state index contributed by atoms with van der Waals surface area (Å²) < 4.78 is 38.2. The van der Waals surface area contributed by atoms with Crippen LogP contribution in [-0.4, -0.2) is 95.1 Å². The summed E-state index contributed by atoms with van der Waals surface area (Å²) in [5, 5.41) is 2.89. The number of likely N-dealkylation sites (tertiary alicyclic amines) is 1. The van der Waals surface area contributed by atoms with Gasteiger partial charge in [-0.05, 0) is 56.5 Å². The third-order valence-electron chi connectivity index (χ3n) is 6.50. The average Bonchev–Trinajstić information content (AvgIpc) is 2.84. The fourth-order valence-corrected chi connectivity index (χ4v) is 6.10. The van der Waals surface area contributed by atoms with Gasteiger partial charge >= 0.3 is 0 Å². The van der Waals surface area contributed by atoms with Crippen LogP contribution < -0.4 is 15.0 Å². The van der Waals surface area contributed by atoms with Gasteiger partial charge < -0.3 is 19.7 Å². The van der Waals surface area contributed by atoms with Crippen LogP contribution in [0.3, 0.4) is 0 Å². The molecule has 0 bridgehead atoms. The molecule has 188 valence electrons. The highest BCUT2D eigenvalue weighted by atomic mass is 32.2. The second-order valence-corrected chi connectivity index (χ2v) is 11.1. The normalized spacial score (nSPS) is 22.2. The standard InChI is InChI=1S/C23H34N4O6S/c1-18-4-2-8-25(15-18)9-3-7-24-22(28)16-27-20-14-19(5-6-21(20)33-17-23(27)29)34(30,31)26-10-12-32-13-11-26/h5-6,14,18H,2-4,7-13,15-17H2,1H3,(H,24,28)/t18-/m1/s1. The first-order valence-corrected chi connectivity index (χ1v) is 13.4. The summed E-state index contributed by atoms with van der Waals surface area (Å²) in [6, 6.07) is 4.43. The number of rotatable bonds is 8. The molecule has 1 aromatic carbocycles. The number of sulfonamides is 1. The molecule has 11 heteroatoms. The molecular formula is C23H34N4O6S. The van der Waals surface area contributed by atoms with Crippen molar-refractivity contribution in [1.29, 1.82) is 0 Å². The number of nitrogens with one attached hydrogen (secondary N) is 1. The summed E-state index contributed by atoms with van der Waals surface area (Å²) in [6.07, 6.45) is 3.33. The Labute approximate surface area is 201 Å². The Bertz CT molecular complexity index is 995. The number of ether oxygens (including phenoxy) is 2. The molecule has 0 unspecified atom stereocenters. The third kappa shape index (κ3) is 5.88. The predicted octanol–water partition coefficient (Wildman–Crippen LogP) is 0.671. The van der Waals surface area contributed by atoms with Crippen LogP contribution in [0.1, 0.15) is 26.2 Å². The smallest absolute Gasteiger partial charge is 0.265 e. The van der Waals surface area contributed by atoms with Crippen LogP contribution in [0.5, 0.6) is 5.75 Å². The summed E-state index contributed by atoms with van der Waals surface area (Å²) >= 11 is 0. The maximum atomic E-state index is 13.1. The van der Waals surface area contributed by atoms with Gasteiger partial charge in [0.15, 0.2) is 6.61 Å². The van der Waals surface area contributed by atoms with Crippen molar-refractivity contribution in [3.63, 3.8) is 0 Å². The molecular weight excluding hydrogens is 460 g/mol. The maximum absolute atomic E-state index is 13.1. The number of nitrogens with zero attached hydrogens (tertiary/aromatic N) is 3. The van der Waals surface area contributed by atoms with E-state index in [1.54, 1.807) is 6.07 Å². The first kappa shape index (κ1) is 24.9. The topological polar surface area (TPSA) is 108 Å². The van der Waals surface area contributed by atoms with E-state index < -0.39 is 10.0 Å². The van der Waals surface area contributed by atoms with Crippen LogP contribution in [0.25, 0.3) is 0 Å². The van der Waals surface area contributed by atoms with Crippen molar-refractivity contribution in [2.75, 3.05) is 70.5 Å². The van der Waals surface area contributed by atoms with Crippen LogP contribution in [0, 0.1) is 5.92 Å². The zero-order chi connectivity index (χ0) is 24.1. The van der Waals surface area contributed by atoms with E-state index in [2.05, 4.69) is 17.1 Å². The molecule has 1 aromatic rings. The largest absolute Gasteiger partial charge is 0.482 e. The lowest BCUT2D eigenvalue weighted by atomic mass is 10.0. The first-order chi connectivity index (χ1) is 16.3. The molecule has 0 aliphatic carbocycles. The molecule has 0 radical (unpaired) electrons. The molecule has 3 heterocycles. The molecule has 34 heavy (non-hydrogen) atoms. The molecule has 3 aliphatic heterocycles. The van der Waals surface area contributed by atoms with Crippen LogP contribution in [0.4, 0.5) is 5.69 Å². The number of benzene rings is 1. The van der Waals surface area contributed by atoms with E-state index in [0.717, 1.165) is 26.1 Å². The molecule has 2 saturated heterocycles. The Balaban J connectivity index is 1.37. The van der Waals surface area contributed by atoms with Gasteiger partial charge in [0.05, 0.1) is 23.8 Å². The molecule has 3 aliphatic rings. The summed E-state index contributed by atoms with van der Waals surface area (Å²) in [5.41, 5.74) is 0.294. The quantitative estimate of drug-likeness (QED) is 0.529. The summed E-state index contributed by atoms with van der Waals surface area (Å²) in [4.78, 5) is 29.0. The average molecular weight is 495 g/mol. The van der Waals surface area contributed by atoms with E-state index in [-0.39, 0.29) is 43.0 Å². The maximum Gasteiger partial charge on any atom is 0.265 e. The van der Waals surface area contributed by atoms with Gasteiger partial charge in [-0.1, -0.05) is 6.92 Å². The van der Waals surface area contributed by atoms with Gasteiger partial charge in [-0.15, -0.1) is 0 Å². The van der Waals surface area contributed by atoms with Crippen molar-refractivity contribution in [3.8, 4) is 5.75 Å². The van der Waals surface area contributed by atoms with E-state index in [1.165, 1.54) is 34.2 Å². The highest BCUT2D eigenvalue weighted by molar-refractivity contribution is 7.89. The minimum absolute atomic E-state index is 0.0626. The number of fused-ring (bicyclic) bond motifs is 1. The van der Waals surface area contributed by atoms with E-state index in [9.17, 15) is 18.0 Å². The van der Waals surface area contributed by atoms with Crippen LogP contribution in [0.2, 0.25) is 0 Å². The number of anilines is 1. The molecule has 4 rings (SSSR count). The molecule has 0 aromatic heterocycles. The lowest BCUT2D eigenvalue weighted by Gasteiger charge is -2.31. The Morgan fingerprint density at radius 2 is 2.00 bits per heavy atom. The van der Waals surface area contributed by atoms with Crippen LogP contribution >= 0.6 is 0 Å². The Hall–Kier alpha value is -2.21. The molecule has 0 spiro atoms. The van der Waals surface area contributed by atoms with Crippen molar-refractivity contribution < 1.29 is 27.5 Å². The second-order valence-electron chi connectivity index (χ2n) is 9.17. The van der Waals surface area contributed by atoms with Gasteiger partial charge in [0.25, 0.3) is 5.91 Å². The highest BCUT2D eigenvalue weighted by Gasteiger charge is 2.32. The number of carbonyl (C=O) groups excluding carboxylic acids is 2. The minimum Gasteiger partial charge on any atom is -0.482 e. The number of carbonyl (C=O) groups is 2. The van der Waals surface area contributed by atoms with Gasteiger partial charge in [0.1, 0.15) is 12.3 Å². The van der Waals surface area contributed by atoms with E-state index >= 15 is 0 Å². The lowest BCUT2D eigenvalue weighted by molar-refractivity contribution is -0.125. The van der Waals surface area contributed by atoms with E-state index in [0.29, 0.717) is 37.1 Å².